The number of methoxy groups -OCH3 is 1. The Balaban J connectivity index is 3.27. The molecular formula is C9H10BrFO2. The molecule has 0 fully saturated rings. The van der Waals surface area contributed by atoms with Crippen LogP contribution in [-0.4, -0.2) is 12.2 Å². The Hall–Kier alpha value is -0.610. The third kappa shape index (κ3) is 2.19. The van der Waals surface area contributed by atoms with Crippen molar-refractivity contribution < 1.29 is 14.2 Å². The van der Waals surface area contributed by atoms with Crippen LogP contribution in [0.2, 0.25) is 0 Å². The number of hydrogen-bond acceptors (Lipinski definition) is 2. The summed E-state index contributed by atoms with van der Waals surface area (Å²) in [6, 6.07) is 3.05. The van der Waals surface area contributed by atoms with Gasteiger partial charge >= 0.3 is 0 Å². The van der Waals surface area contributed by atoms with Crippen molar-refractivity contribution in [3.05, 3.63) is 28.0 Å². The Labute approximate surface area is 84.5 Å². The van der Waals surface area contributed by atoms with Gasteiger partial charge in [0.05, 0.1) is 13.2 Å². The molecule has 13 heavy (non-hydrogen) atoms. The molecule has 1 rings (SSSR count). The third-order valence-corrected chi connectivity index (χ3v) is 2.16. The number of rotatable bonds is 2. The first kappa shape index (κ1) is 10.5. The second kappa shape index (κ2) is 4.07. The van der Waals surface area contributed by atoms with E-state index in [1.807, 2.05) is 0 Å². The molecule has 2 nitrogen and oxygen atoms in total. The van der Waals surface area contributed by atoms with E-state index >= 15 is 0 Å². The predicted octanol–water partition coefficient (Wildman–Crippen LogP) is 2.65. The Morgan fingerprint density at radius 1 is 1.54 bits per heavy atom. The molecule has 0 saturated carbocycles. The summed E-state index contributed by atoms with van der Waals surface area (Å²) >= 11 is 3.20. The van der Waals surface area contributed by atoms with Crippen molar-refractivity contribution in [3.8, 4) is 5.75 Å². The molecule has 4 heteroatoms. The van der Waals surface area contributed by atoms with Gasteiger partial charge in [-0.2, -0.15) is 0 Å². The van der Waals surface area contributed by atoms with Gasteiger partial charge in [0.15, 0.2) is 11.6 Å². The van der Waals surface area contributed by atoms with Crippen molar-refractivity contribution in [1.29, 1.82) is 0 Å². The van der Waals surface area contributed by atoms with Crippen molar-refractivity contribution in [2.75, 3.05) is 7.11 Å². The van der Waals surface area contributed by atoms with Crippen LogP contribution < -0.4 is 4.74 Å². The average Bonchev–Trinajstić information content (AvgIpc) is 2.08. The Kier molecular flexibility index (Phi) is 3.27. The number of benzene rings is 1. The van der Waals surface area contributed by atoms with E-state index < -0.39 is 11.9 Å². The van der Waals surface area contributed by atoms with Crippen molar-refractivity contribution in [3.63, 3.8) is 0 Å². The minimum absolute atomic E-state index is 0.130. The standard InChI is InChI=1S/C9H10BrFO2/c1-5(12)7-3-6(10)4-8(13-2)9(7)11/h3-5,12H,1-2H3. The first-order chi connectivity index (χ1) is 6.06. The molecule has 0 aliphatic heterocycles. The number of aliphatic hydroxyl groups is 1. The van der Waals surface area contributed by atoms with Crippen LogP contribution in [0.3, 0.4) is 0 Å². The maximum atomic E-state index is 13.4. The molecule has 0 spiro atoms. The van der Waals surface area contributed by atoms with Gasteiger partial charge in [0, 0.05) is 10.0 Å². The van der Waals surface area contributed by atoms with E-state index in [0.29, 0.717) is 4.47 Å². The minimum atomic E-state index is -0.841. The molecule has 0 aromatic heterocycles. The summed E-state index contributed by atoms with van der Waals surface area (Å²) in [7, 11) is 1.39. The zero-order valence-electron chi connectivity index (χ0n) is 7.34. The van der Waals surface area contributed by atoms with Crippen LogP contribution in [0.5, 0.6) is 5.75 Å². The van der Waals surface area contributed by atoms with Crippen LogP contribution in [-0.2, 0) is 0 Å². The Morgan fingerprint density at radius 2 is 2.15 bits per heavy atom. The molecule has 0 aliphatic rings. The third-order valence-electron chi connectivity index (χ3n) is 1.70. The SMILES string of the molecule is COc1cc(Br)cc(C(C)O)c1F. The fraction of sp³-hybridized carbons (Fsp3) is 0.333. The molecule has 1 aromatic rings. The van der Waals surface area contributed by atoms with E-state index in [4.69, 9.17) is 4.74 Å². The largest absolute Gasteiger partial charge is 0.494 e. The minimum Gasteiger partial charge on any atom is -0.494 e. The van der Waals surface area contributed by atoms with Gasteiger partial charge in [0.2, 0.25) is 0 Å². The van der Waals surface area contributed by atoms with Gasteiger partial charge in [0.1, 0.15) is 0 Å². The first-order valence-corrected chi connectivity index (χ1v) is 4.56. The van der Waals surface area contributed by atoms with Crippen molar-refractivity contribution in [2.45, 2.75) is 13.0 Å². The van der Waals surface area contributed by atoms with Crippen molar-refractivity contribution in [1.82, 2.24) is 0 Å². The highest BCUT2D eigenvalue weighted by Crippen LogP contribution is 2.29. The van der Waals surface area contributed by atoms with E-state index in [1.54, 1.807) is 0 Å². The summed E-state index contributed by atoms with van der Waals surface area (Å²) in [6.45, 7) is 1.50. The summed E-state index contributed by atoms with van der Waals surface area (Å²) in [4.78, 5) is 0. The molecule has 0 heterocycles. The summed E-state index contributed by atoms with van der Waals surface area (Å²) < 4.78 is 18.9. The number of aliphatic hydroxyl groups excluding tert-OH is 1. The Bertz CT molecular complexity index is 313. The zero-order chi connectivity index (χ0) is 10.0. The molecule has 0 aliphatic carbocycles. The normalized spacial score (nSPS) is 12.7. The highest BCUT2D eigenvalue weighted by atomic mass is 79.9. The monoisotopic (exact) mass is 248 g/mol. The molecule has 0 saturated heterocycles. The second-order valence-corrected chi connectivity index (χ2v) is 3.60. The van der Waals surface area contributed by atoms with Gasteiger partial charge in [-0.05, 0) is 19.1 Å². The van der Waals surface area contributed by atoms with Gasteiger partial charge in [-0.15, -0.1) is 0 Å². The fourth-order valence-electron chi connectivity index (χ4n) is 1.04. The van der Waals surface area contributed by atoms with E-state index in [-0.39, 0.29) is 11.3 Å². The molecule has 0 radical (unpaired) electrons. The molecular weight excluding hydrogens is 239 g/mol. The molecule has 1 aromatic carbocycles. The van der Waals surface area contributed by atoms with Crippen molar-refractivity contribution >= 4 is 15.9 Å². The summed E-state index contributed by atoms with van der Waals surface area (Å²) in [5.74, 6) is -0.383. The highest BCUT2D eigenvalue weighted by Gasteiger charge is 2.13. The fourth-order valence-corrected chi connectivity index (χ4v) is 1.49. The molecule has 1 atom stereocenters. The first-order valence-electron chi connectivity index (χ1n) is 3.77. The highest BCUT2D eigenvalue weighted by molar-refractivity contribution is 9.10. The molecule has 0 bridgehead atoms. The summed E-state index contributed by atoms with van der Waals surface area (Å²) in [5.41, 5.74) is 0.228. The van der Waals surface area contributed by atoms with E-state index in [1.165, 1.54) is 26.2 Å². The van der Waals surface area contributed by atoms with Crippen LogP contribution >= 0.6 is 15.9 Å². The zero-order valence-corrected chi connectivity index (χ0v) is 8.93. The Morgan fingerprint density at radius 3 is 2.62 bits per heavy atom. The smallest absolute Gasteiger partial charge is 0.170 e. The lowest BCUT2D eigenvalue weighted by molar-refractivity contribution is 0.192. The second-order valence-electron chi connectivity index (χ2n) is 2.69. The maximum Gasteiger partial charge on any atom is 0.170 e. The van der Waals surface area contributed by atoms with Crippen LogP contribution in [0, 0.1) is 5.82 Å². The van der Waals surface area contributed by atoms with E-state index in [2.05, 4.69) is 15.9 Å². The van der Waals surface area contributed by atoms with Crippen LogP contribution in [0.25, 0.3) is 0 Å². The van der Waals surface area contributed by atoms with E-state index in [0.717, 1.165) is 0 Å². The predicted molar refractivity (Wildman–Crippen MR) is 51.3 cm³/mol. The lowest BCUT2D eigenvalue weighted by atomic mass is 10.1. The number of halogens is 2. The van der Waals surface area contributed by atoms with Crippen LogP contribution in [0.1, 0.15) is 18.6 Å². The topological polar surface area (TPSA) is 29.5 Å². The summed E-state index contributed by atoms with van der Waals surface area (Å²) in [5, 5.41) is 9.23. The molecule has 0 amide bonds. The lowest BCUT2D eigenvalue weighted by Gasteiger charge is -2.10. The maximum absolute atomic E-state index is 13.4. The van der Waals surface area contributed by atoms with Gasteiger partial charge in [-0.3, -0.25) is 0 Å². The van der Waals surface area contributed by atoms with Gasteiger partial charge < -0.3 is 9.84 Å². The summed E-state index contributed by atoms with van der Waals surface area (Å²) in [6.07, 6.45) is -0.841. The number of ether oxygens (including phenoxy) is 1. The lowest BCUT2D eigenvalue weighted by Crippen LogP contribution is -1.99. The van der Waals surface area contributed by atoms with Gasteiger partial charge in [-0.1, -0.05) is 15.9 Å². The van der Waals surface area contributed by atoms with Crippen LogP contribution in [0.4, 0.5) is 4.39 Å². The molecule has 1 unspecified atom stereocenters. The average molecular weight is 249 g/mol. The van der Waals surface area contributed by atoms with Gasteiger partial charge in [0.25, 0.3) is 0 Å². The van der Waals surface area contributed by atoms with Crippen LogP contribution in [0.15, 0.2) is 16.6 Å². The van der Waals surface area contributed by atoms with E-state index in [9.17, 15) is 9.50 Å². The van der Waals surface area contributed by atoms with Crippen molar-refractivity contribution in [2.24, 2.45) is 0 Å². The molecule has 1 N–H and O–H groups in total. The van der Waals surface area contributed by atoms with Gasteiger partial charge in [-0.25, -0.2) is 4.39 Å². The quantitative estimate of drug-likeness (QED) is 0.873. The number of hydrogen-bond donors (Lipinski definition) is 1. The molecule has 72 valence electrons.